The van der Waals surface area contributed by atoms with Gasteiger partial charge >= 0.3 is 0 Å². The molecular formula is C13H28N2. The van der Waals surface area contributed by atoms with Gasteiger partial charge in [-0.05, 0) is 32.6 Å². The van der Waals surface area contributed by atoms with Gasteiger partial charge in [0.15, 0.2) is 0 Å². The van der Waals surface area contributed by atoms with Crippen molar-refractivity contribution in [1.82, 2.24) is 10.9 Å². The first-order valence-corrected chi connectivity index (χ1v) is 6.26. The minimum absolute atomic E-state index is 0.548. The van der Waals surface area contributed by atoms with Crippen molar-refractivity contribution in [3.63, 3.8) is 0 Å². The van der Waals surface area contributed by atoms with E-state index in [0.29, 0.717) is 12.0 Å². The predicted octanol–water partition coefficient (Wildman–Crippen LogP) is 3.61. The van der Waals surface area contributed by atoms with Crippen LogP contribution in [0.2, 0.25) is 0 Å². The summed E-state index contributed by atoms with van der Waals surface area (Å²) < 4.78 is 0. The first-order valence-electron chi connectivity index (χ1n) is 6.26. The zero-order chi connectivity index (χ0) is 11.7. The lowest BCUT2D eigenvalue weighted by molar-refractivity contribution is 0.437. The second kappa shape index (κ2) is 8.78. The Balaban J connectivity index is 3.71. The summed E-state index contributed by atoms with van der Waals surface area (Å²) in [5.41, 5.74) is 7.98. The second-order valence-corrected chi connectivity index (χ2v) is 4.72. The fourth-order valence-electron chi connectivity index (χ4n) is 1.48. The Labute approximate surface area is 95.5 Å². The highest BCUT2D eigenvalue weighted by Gasteiger charge is 2.02. The van der Waals surface area contributed by atoms with Crippen LogP contribution in [0.1, 0.15) is 60.3 Å². The topological polar surface area (TPSA) is 24.1 Å². The van der Waals surface area contributed by atoms with Gasteiger partial charge in [0.05, 0.1) is 0 Å². The van der Waals surface area contributed by atoms with Gasteiger partial charge in [-0.25, -0.2) is 5.43 Å². The van der Waals surface area contributed by atoms with Gasteiger partial charge in [-0.3, -0.25) is 0 Å². The maximum atomic E-state index is 3.36. The van der Waals surface area contributed by atoms with Gasteiger partial charge in [-0.2, -0.15) is 0 Å². The molecule has 0 aromatic carbocycles. The summed E-state index contributed by atoms with van der Waals surface area (Å²) in [6.45, 7) is 11.0. The molecule has 0 bridgehead atoms. The van der Waals surface area contributed by atoms with E-state index in [1.807, 2.05) is 0 Å². The Kier molecular flexibility index (Phi) is 8.49. The minimum Gasteiger partial charge on any atom is -0.326 e. The van der Waals surface area contributed by atoms with Crippen molar-refractivity contribution in [2.75, 3.05) is 0 Å². The second-order valence-electron chi connectivity index (χ2n) is 4.72. The lowest BCUT2D eigenvalue weighted by Crippen LogP contribution is -2.38. The smallest absolute Gasteiger partial charge is 0.0232 e. The molecule has 0 aliphatic heterocycles. The zero-order valence-electron chi connectivity index (χ0n) is 11.1. The molecule has 1 atom stereocenters. The molecule has 0 heterocycles. The van der Waals surface area contributed by atoms with Gasteiger partial charge in [0.25, 0.3) is 0 Å². The molecule has 0 aliphatic carbocycles. The molecule has 0 aliphatic rings. The third-order valence-corrected chi connectivity index (χ3v) is 2.45. The first-order chi connectivity index (χ1) is 7.10. The minimum atomic E-state index is 0.548. The van der Waals surface area contributed by atoms with E-state index in [1.54, 1.807) is 0 Å². The van der Waals surface area contributed by atoms with Crippen LogP contribution in [-0.2, 0) is 0 Å². The van der Waals surface area contributed by atoms with Crippen molar-refractivity contribution in [3.8, 4) is 0 Å². The van der Waals surface area contributed by atoms with Crippen LogP contribution in [0.5, 0.6) is 0 Å². The van der Waals surface area contributed by atoms with Gasteiger partial charge in [-0.15, -0.1) is 0 Å². The molecule has 2 nitrogen and oxygen atoms in total. The van der Waals surface area contributed by atoms with E-state index < -0.39 is 0 Å². The van der Waals surface area contributed by atoms with Crippen molar-refractivity contribution in [3.05, 3.63) is 11.8 Å². The maximum absolute atomic E-state index is 3.36. The summed E-state index contributed by atoms with van der Waals surface area (Å²) in [6.07, 6.45) is 7.07. The molecule has 2 N–H and O–H groups in total. The number of nitrogens with one attached hydrogen (secondary N) is 2. The van der Waals surface area contributed by atoms with E-state index in [9.17, 15) is 0 Å². The van der Waals surface area contributed by atoms with Crippen LogP contribution in [0.4, 0.5) is 0 Å². The van der Waals surface area contributed by atoms with Crippen LogP contribution in [0.25, 0.3) is 0 Å². The normalized spacial score (nSPS) is 14.4. The molecule has 0 aromatic rings. The quantitative estimate of drug-likeness (QED) is 0.601. The molecule has 2 heteroatoms. The van der Waals surface area contributed by atoms with Crippen LogP contribution < -0.4 is 10.9 Å². The fourth-order valence-corrected chi connectivity index (χ4v) is 1.48. The van der Waals surface area contributed by atoms with Gasteiger partial charge < -0.3 is 5.43 Å². The Bertz CT molecular complexity index is 173. The molecule has 0 fully saturated rings. The first kappa shape index (κ1) is 14.5. The number of hydrogen-bond acceptors (Lipinski definition) is 2. The molecule has 90 valence electrons. The largest absolute Gasteiger partial charge is 0.326 e. The molecule has 1 unspecified atom stereocenters. The number of allylic oxidation sites excluding steroid dienone is 2. The van der Waals surface area contributed by atoms with E-state index in [4.69, 9.17) is 0 Å². The summed E-state index contributed by atoms with van der Waals surface area (Å²) >= 11 is 0. The van der Waals surface area contributed by atoms with E-state index in [1.165, 1.54) is 25.0 Å². The molecular weight excluding hydrogens is 184 g/mol. The average Bonchev–Trinajstić information content (AvgIpc) is 2.20. The Morgan fingerprint density at radius 3 is 2.40 bits per heavy atom. The SMILES string of the molecule is C/C=C(/CC(C)C)NNC(C)CCCC. The summed E-state index contributed by atoms with van der Waals surface area (Å²) in [7, 11) is 0. The van der Waals surface area contributed by atoms with E-state index in [2.05, 4.69) is 51.5 Å². The van der Waals surface area contributed by atoms with Crippen LogP contribution in [-0.4, -0.2) is 6.04 Å². The Morgan fingerprint density at radius 2 is 1.93 bits per heavy atom. The predicted molar refractivity (Wildman–Crippen MR) is 68.5 cm³/mol. The van der Waals surface area contributed by atoms with Crippen molar-refractivity contribution in [2.24, 2.45) is 5.92 Å². The standard InChI is InChI=1S/C13H28N2/c1-6-8-9-12(5)14-15-13(7-2)10-11(3)4/h7,11-12,14-15H,6,8-10H2,1-5H3/b13-7-. The van der Waals surface area contributed by atoms with E-state index in [0.717, 1.165) is 6.42 Å². The third-order valence-electron chi connectivity index (χ3n) is 2.45. The number of hydrogen-bond donors (Lipinski definition) is 2. The monoisotopic (exact) mass is 212 g/mol. The van der Waals surface area contributed by atoms with Crippen molar-refractivity contribution in [1.29, 1.82) is 0 Å². The third kappa shape index (κ3) is 8.49. The highest BCUT2D eigenvalue weighted by atomic mass is 15.4. The highest BCUT2D eigenvalue weighted by Crippen LogP contribution is 2.07. The molecule has 0 saturated heterocycles. The molecule has 15 heavy (non-hydrogen) atoms. The molecule has 0 radical (unpaired) electrons. The molecule has 0 aromatic heterocycles. The average molecular weight is 212 g/mol. The molecule has 0 saturated carbocycles. The van der Waals surface area contributed by atoms with Crippen LogP contribution in [0.15, 0.2) is 11.8 Å². The number of rotatable bonds is 8. The van der Waals surface area contributed by atoms with Gasteiger partial charge in [0.1, 0.15) is 0 Å². The summed E-state index contributed by atoms with van der Waals surface area (Å²) in [5, 5.41) is 0. The van der Waals surface area contributed by atoms with Crippen LogP contribution in [0.3, 0.4) is 0 Å². The van der Waals surface area contributed by atoms with Gasteiger partial charge in [0.2, 0.25) is 0 Å². The summed E-state index contributed by atoms with van der Waals surface area (Å²) in [5.74, 6) is 0.705. The zero-order valence-corrected chi connectivity index (χ0v) is 11.1. The maximum Gasteiger partial charge on any atom is 0.0232 e. The van der Waals surface area contributed by atoms with Crippen molar-refractivity contribution >= 4 is 0 Å². The van der Waals surface area contributed by atoms with Crippen molar-refractivity contribution < 1.29 is 0 Å². The summed E-state index contributed by atoms with van der Waals surface area (Å²) in [4.78, 5) is 0. The molecule has 0 rings (SSSR count). The fraction of sp³-hybridized carbons (Fsp3) is 0.846. The van der Waals surface area contributed by atoms with Crippen molar-refractivity contribution in [2.45, 2.75) is 66.3 Å². The van der Waals surface area contributed by atoms with Crippen LogP contribution >= 0.6 is 0 Å². The summed E-state index contributed by atoms with van der Waals surface area (Å²) in [6, 6.07) is 0.548. The van der Waals surface area contributed by atoms with E-state index in [-0.39, 0.29) is 0 Å². The van der Waals surface area contributed by atoms with Gasteiger partial charge in [-0.1, -0.05) is 39.7 Å². The lowest BCUT2D eigenvalue weighted by Gasteiger charge is -2.18. The van der Waals surface area contributed by atoms with Gasteiger partial charge in [0, 0.05) is 11.7 Å². The van der Waals surface area contributed by atoms with E-state index >= 15 is 0 Å². The Hall–Kier alpha value is -0.500. The highest BCUT2D eigenvalue weighted by molar-refractivity contribution is 4.97. The number of unbranched alkanes of at least 4 members (excludes halogenated alkanes) is 1. The number of hydrazine groups is 1. The lowest BCUT2D eigenvalue weighted by atomic mass is 10.1. The molecule has 0 amide bonds. The Morgan fingerprint density at radius 1 is 1.27 bits per heavy atom. The van der Waals surface area contributed by atoms with Crippen LogP contribution in [0, 0.1) is 5.92 Å². The molecule has 0 spiro atoms.